The van der Waals surface area contributed by atoms with Gasteiger partial charge in [-0.15, -0.1) is 11.3 Å². The minimum absolute atomic E-state index is 0.0116. The van der Waals surface area contributed by atoms with Crippen molar-refractivity contribution >= 4 is 50.4 Å². The molecular weight excluding hydrogens is 386 g/mol. The van der Waals surface area contributed by atoms with Gasteiger partial charge in [-0.1, -0.05) is 23.9 Å². The molecule has 0 aliphatic carbocycles. The van der Waals surface area contributed by atoms with Crippen molar-refractivity contribution in [2.75, 3.05) is 25.9 Å². The third-order valence-corrected chi connectivity index (χ3v) is 6.09. The predicted molar refractivity (Wildman–Crippen MR) is 106 cm³/mol. The minimum Gasteiger partial charge on any atom is -0.452 e. The number of likely N-dealkylation sites (N-methyl/N-ethyl adjacent to an activating group) is 1. The van der Waals surface area contributed by atoms with Gasteiger partial charge in [-0.25, -0.2) is 4.98 Å². The van der Waals surface area contributed by atoms with Crippen LogP contribution in [-0.4, -0.2) is 63.9 Å². The summed E-state index contributed by atoms with van der Waals surface area (Å²) in [5.74, 6) is -0.0105. The Bertz CT molecular complexity index is 821. The van der Waals surface area contributed by atoms with Crippen LogP contribution in [-0.2, 0) is 20.9 Å². The molecule has 1 aromatic carbocycles. The molecule has 0 saturated carbocycles. The Morgan fingerprint density at radius 2 is 2.15 bits per heavy atom. The number of thioether (sulfide) groups is 1. The largest absolute Gasteiger partial charge is 0.452 e. The van der Waals surface area contributed by atoms with Gasteiger partial charge in [0.25, 0.3) is 11.1 Å². The fourth-order valence-corrected chi connectivity index (χ4v) is 4.61. The first-order chi connectivity index (χ1) is 12.9. The molecule has 3 rings (SSSR count). The van der Waals surface area contributed by atoms with Crippen LogP contribution in [0.25, 0.3) is 10.2 Å². The molecule has 144 valence electrons. The summed E-state index contributed by atoms with van der Waals surface area (Å²) >= 11 is 2.79. The van der Waals surface area contributed by atoms with Gasteiger partial charge in [0.1, 0.15) is 5.01 Å². The molecule has 1 aromatic heterocycles. The maximum atomic E-state index is 12.5. The van der Waals surface area contributed by atoms with Gasteiger partial charge in [0, 0.05) is 25.9 Å². The number of fused-ring (bicyclic) bond motifs is 1. The molecule has 0 bridgehead atoms. The van der Waals surface area contributed by atoms with Crippen LogP contribution in [0.3, 0.4) is 0 Å². The number of hydrogen-bond donors (Lipinski definition) is 0. The van der Waals surface area contributed by atoms with Crippen LogP contribution >= 0.6 is 23.1 Å². The van der Waals surface area contributed by atoms with E-state index in [2.05, 4.69) is 4.98 Å². The van der Waals surface area contributed by atoms with Gasteiger partial charge in [-0.2, -0.15) is 0 Å². The molecule has 2 aromatic rings. The maximum Gasteiger partial charge on any atom is 0.308 e. The SMILES string of the molecule is CC(OC(=O)CCN1CCSC1=O)C(=O)N(C)Cc1nc2ccccc2s1. The smallest absolute Gasteiger partial charge is 0.308 e. The highest BCUT2D eigenvalue weighted by Crippen LogP contribution is 2.22. The van der Waals surface area contributed by atoms with E-state index in [1.165, 1.54) is 28.0 Å². The molecule has 0 N–H and O–H groups in total. The third-order valence-electron chi connectivity index (χ3n) is 4.17. The lowest BCUT2D eigenvalue weighted by Crippen LogP contribution is -2.37. The quantitative estimate of drug-likeness (QED) is 0.657. The van der Waals surface area contributed by atoms with E-state index in [1.807, 2.05) is 24.3 Å². The van der Waals surface area contributed by atoms with Crippen molar-refractivity contribution in [3.63, 3.8) is 0 Å². The van der Waals surface area contributed by atoms with E-state index < -0.39 is 12.1 Å². The van der Waals surface area contributed by atoms with Crippen molar-refractivity contribution in [2.24, 2.45) is 0 Å². The lowest BCUT2D eigenvalue weighted by atomic mass is 10.3. The number of carbonyl (C=O) groups excluding carboxylic acids is 3. The summed E-state index contributed by atoms with van der Waals surface area (Å²) in [5.41, 5.74) is 0.910. The van der Waals surface area contributed by atoms with Gasteiger partial charge in [0.05, 0.1) is 23.2 Å². The zero-order chi connectivity index (χ0) is 19.4. The lowest BCUT2D eigenvalue weighted by molar-refractivity contribution is -0.158. The summed E-state index contributed by atoms with van der Waals surface area (Å²) in [6.07, 6.45) is -0.786. The highest BCUT2D eigenvalue weighted by molar-refractivity contribution is 8.13. The number of amides is 2. The molecule has 1 aliphatic rings. The fourth-order valence-electron chi connectivity index (χ4n) is 2.74. The summed E-state index contributed by atoms with van der Waals surface area (Å²) in [6, 6.07) is 7.81. The Hall–Kier alpha value is -2.13. The van der Waals surface area contributed by atoms with Crippen LogP contribution in [0.4, 0.5) is 4.79 Å². The van der Waals surface area contributed by atoms with Crippen LogP contribution in [0.1, 0.15) is 18.4 Å². The molecule has 1 atom stereocenters. The summed E-state index contributed by atoms with van der Waals surface area (Å²) < 4.78 is 6.30. The second-order valence-corrected chi connectivity index (χ2v) is 8.41. The van der Waals surface area contributed by atoms with Gasteiger partial charge in [0.15, 0.2) is 6.10 Å². The number of benzene rings is 1. The van der Waals surface area contributed by atoms with Crippen molar-refractivity contribution in [3.05, 3.63) is 29.3 Å². The first kappa shape index (κ1) is 19.6. The topological polar surface area (TPSA) is 79.8 Å². The second-order valence-electron chi connectivity index (χ2n) is 6.25. The van der Waals surface area contributed by atoms with Crippen molar-refractivity contribution in [1.29, 1.82) is 0 Å². The second kappa shape index (κ2) is 8.71. The number of carbonyl (C=O) groups is 3. The van der Waals surface area contributed by atoms with E-state index in [0.29, 0.717) is 19.6 Å². The number of nitrogens with zero attached hydrogens (tertiary/aromatic N) is 3. The normalized spacial score (nSPS) is 15.2. The standard InChI is InChI=1S/C18H21N3O4S2/c1-12(25-16(22)7-8-21-9-10-26-18(21)24)17(23)20(2)11-15-19-13-5-3-4-6-14(13)27-15/h3-6,12H,7-11H2,1-2H3. The van der Waals surface area contributed by atoms with E-state index in [4.69, 9.17) is 4.74 Å². The number of esters is 1. The zero-order valence-electron chi connectivity index (χ0n) is 15.2. The number of thiazole rings is 1. The Labute approximate surface area is 165 Å². The van der Waals surface area contributed by atoms with E-state index in [-0.39, 0.29) is 17.6 Å². The van der Waals surface area contributed by atoms with Crippen molar-refractivity contribution in [2.45, 2.75) is 26.0 Å². The lowest BCUT2D eigenvalue weighted by Gasteiger charge is -2.21. The molecule has 1 fully saturated rings. The molecule has 2 heterocycles. The number of hydrogen-bond acceptors (Lipinski definition) is 7. The molecule has 1 saturated heterocycles. The van der Waals surface area contributed by atoms with E-state index in [9.17, 15) is 14.4 Å². The average molecular weight is 408 g/mol. The molecule has 9 heteroatoms. The van der Waals surface area contributed by atoms with Crippen LogP contribution in [0.15, 0.2) is 24.3 Å². The Morgan fingerprint density at radius 3 is 2.85 bits per heavy atom. The van der Waals surface area contributed by atoms with Crippen LogP contribution in [0.5, 0.6) is 0 Å². The monoisotopic (exact) mass is 407 g/mol. The molecule has 1 unspecified atom stereocenters. The minimum atomic E-state index is -0.875. The summed E-state index contributed by atoms with van der Waals surface area (Å²) in [4.78, 5) is 43.6. The summed E-state index contributed by atoms with van der Waals surface area (Å²) in [7, 11) is 1.67. The Balaban J connectivity index is 1.48. The van der Waals surface area contributed by atoms with Crippen LogP contribution in [0, 0.1) is 0 Å². The van der Waals surface area contributed by atoms with Gasteiger partial charge in [-0.05, 0) is 19.1 Å². The molecule has 1 aliphatic heterocycles. The molecule has 2 amide bonds. The van der Waals surface area contributed by atoms with E-state index in [1.54, 1.807) is 18.9 Å². The Morgan fingerprint density at radius 1 is 1.37 bits per heavy atom. The molecular formula is C18H21N3O4S2. The van der Waals surface area contributed by atoms with Gasteiger partial charge in [-0.3, -0.25) is 14.4 Å². The summed E-state index contributed by atoms with van der Waals surface area (Å²) in [5, 5.41) is 0.818. The molecule has 27 heavy (non-hydrogen) atoms. The van der Waals surface area contributed by atoms with Gasteiger partial charge >= 0.3 is 5.97 Å². The number of rotatable bonds is 7. The first-order valence-electron chi connectivity index (χ1n) is 8.64. The third kappa shape index (κ3) is 4.98. The average Bonchev–Trinajstić information content (AvgIpc) is 3.24. The van der Waals surface area contributed by atoms with E-state index >= 15 is 0 Å². The zero-order valence-corrected chi connectivity index (χ0v) is 16.8. The molecule has 0 radical (unpaired) electrons. The highest BCUT2D eigenvalue weighted by atomic mass is 32.2. The van der Waals surface area contributed by atoms with Crippen molar-refractivity contribution in [3.8, 4) is 0 Å². The van der Waals surface area contributed by atoms with Gasteiger partial charge < -0.3 is 14.5 Å². The van der Waals surface area contributed by atoms with E-state index in [0.717, 1.165) is 21.0 Å². The number of ether oxygens (including phenoxy) is 1. The fraction of sp³-hybridized carbons (Fsp3) is 0.444. The highest BCUT2D eigenvalue weighted by Gasteiger charge is 2.25. The first-order valence-corrected chi connectivity index (χ1v) is 10.4. The van der Waals surface area contributed by atoms with Crippen LogP contribution < -0.4 is 0 Å². The van der Waals surface area contributed by atoms with Crippen molar-refractivity contribution in [1.82, 2.24) is 14.8 Å². The molecule has 0 spiro atoms. The number of para-hydroxylation sites is 1. The van der Waals surface area contributed by atoms with Crippen molar-refractivity contribution < 1.29 is 19.1 Å². The Kier molecular flexibility index (Phi) is 6.33. The maximum absolute atomic E-state index is 12.5. The number of aromatic nitrogens is 1. The molecule has 7 nitrogen and oxygen atoms in total. The van der Waals surface area contributed by atoms with Crippen LogP contribution in [0.2, 0.25) is 0 Å². The van der Waals surface area contributed by atoms with Gasteiger partial charge in [0.2, 0.25) is 0 Å². The summed E-state index contributed by atoms with van der Waals surface area (Å²) in [6.45, 7) is 2.90. The predicted octanol–water partition coefficient (Wildman–Crippen LogP) is 2.75.